The van der Waals surface area contributed by atoms with Crippen molar-refractivity contribution in [3.8, 4) is 0 Å². The van der Waals surface area contributed by atoms with Crippen LogP contribution in [0.3, 0.4) is 0 Å². The van der Waals surface area contributed by atoms with Crippen LogP contribution in [0.4, 0.5) is 0 Å². The van der Waals surface area contributed by atoms with E-state index in [-0.39, 0.29) is 0 Å². The summed E-state index contributed by atoms with van der Waals surface area (Å²) >= 11 is 0.456. The van der Waals surface area contributed by atoms with Crippen LogP contribution < -0.4 is 0 Å². The highest BCUT2D eigenvalue weighted by atomic mass is 32.2. The van der Waals surface area contributed by atoms with E-state index in [1.165, 1.54) is 12.2 Å². The minimum Gasteiger partial charge on any atom is -0.473 e. The van der Waals surface area contributed by atoms with Crippen molar-refractivity contribution in [1.29, 1.82) is 0 Å². The van der Waals surface area contributed by atoms with Gasteiger partial charge in [0.2, 0.25) is 12.2 Å². The molecule has 0 saturated heterocycles. The molecule has 0 amide bonds. The molecule has 0 aromatic carbocycles. The smallest absolute Gasteiger partial charge is 0.414 e. The molecular weight excluding hydrogens is 292 g/mol. The Hall–Kier alpha value is -3.01. The van der Waals surface area contributed by atoms with Gasteiger partial charge in [0.25, 0.3) is 0 Å². The van der Waals surface area contributed by atoms with E-state index in [2.05, 4.69) is 8.80 Å². The third kappa shape index (κ3) is 31.3. The second-order valence-electron chi connectivity index (χ2n) is 1.67. The van der Waals surface area contributed by atoms with E-state index in [4.69, 9.17) is 39.6 Å². The van der Waals surface area contributed by atoms with Crippen molar-refractivity contribution in [3.63, 3.8) is 0 Å². The molecule has 0 aliphatic rings. The average molecular weight is 296 g/mol. The van der Waals surface area contributed by atoms with Crippen LogP contribution in [0.2, 0.25) is 0 Å². The van der Waals surface area contributed by atoms with Crippen LogP contribution in [0, 0.1) is 0 Å². The fraction of sp³-hybridized carbons (Fsp3) is 0. The molecule has 0 rings (SSSR count). The van der Waals surface area contributed by atoms with E-state index >= 15 is 0 Å². The second-order valence-corrected chi connectivity index (χ2v) is 2.20. The lowest BCUT2D eigenvalue weighted by molar-refractivity contribution is -0.159. The Morgan fingerprint density at radius 3 is 1.00 bits per heavy atom. The summed E-state index contributed by atoms with van der Waals surface area (Å²) in [5.74, 6) is -7.30. The molecular formula is C6H4N2O10S. The zero-order chi connectivity index (χ0) is 15.8. The normalized spacial score (nSPS) is 6.74. The highest BCUT2D eigenvalue weighted by molar-refractivity contribution is 7.96. The molecule has 0 fully saturated rings. The van der Waals surface area contributed by atoms with Crippen molar-refractivity contribution in [2.45, 2.75) is 0 Å². The van der Waals surface area contributed by atoms with Crippen LogP contribution in [0.1, 0.15) is 0 Å². The van der Waals surface area contributed by atoms with Gasteiger partial charge in [0.15, 0.2) is 0 Å². The van der Waals surface area contributed by atoms with Crippen LogP contribution >= 0.6 is 12.1 Å². The predicted molar refractivity (Wildman–Crippen MR) is 54.4 cm³/mol. The lowest BCUT2D eigenvalue weighted by atomic mass is 10.7. The molecule has 0 unspecified atom stereocenters. The van der Waals surface area contributed by atoms with Crippen molar-refractivity contribution in [3.05, 3.63) is 0 Å². The van der Waals surface area contributed by atoms with Gasteiger partial charge in [-0.2, -0.15) is 0 Å². The zero-order valence-corrected chi connectivity index (χ0v) is 9.36. The van der Waals surface area contributed by atoms with Crippen LogP contribution in [0.5, 0.6) is 0 Å². The first-order valence-corrected chi connectivity index (χ1v) is 4.16. The van der Waals surface area contributed by atoms with Gasteiger partial charge in [-0.25, -0.2) is 28.8 Å². The molecule has 12 nitrogen and oxygen atoms in total. The Kier molecular flexibility index (Phi) is 16.8. The van der Waals surface area contributed by atoms with Gasteiger partial charge in [-0.1, -0.05) is 0 Å². The summed E-state index contributed by atoms with van der Waals surface area (Å²) in [6.07, 6.45) is 2.34. The van der Waals surface area contributed by atoms with E-state index in [1.54, 1.807) is 0 Å². The summed E-state index contributed by atoms with van der Waals surface area (Å²) in [6.45, 7) is 0. The third-order valence-electron chi connectivity index (χ3n) is 0.522. The number of hydrogen-bond donors (Lipinski definition) is 4. The predicted octanol–water partition coefficient (Wildman–Crippen LogP) is -1.47. The first-order valence-electron chi connectivity index (χ1n) is 3.43. The first-order chi connectivity index (χ1) is 8.70. The standard InChI is InChI=1S/C2N2O2S.2C2H2O4/c5-1-3-7-4-2-6;2*3-1(4)2(5)6/h;2*(H,3,4)(H,5,6). The lowest BCUT2D eigenvalue weighted by Gasteiger charge is -1.72. The van der Waals surface area contributed by atoms with Gasteiger partial charge >= 0.3 is 23.9 Å². The largest absolute Gasteiger partial charge is 0.473 e. The molecule has 0 radical (unpaired) electrons. The summed E-state index contributed by atoms with van der Waals surface area (Å²) in [6, 6.07) is 0. The molecule has 0 atom stereocenters. The van der Waals surface area contributed by atoms with E-state index in [1.807, 2.05) is 0 Å². The van der Waals surface area contributed by atoms with Crippen molar-refractivity contribution in [2.24, 2.45) is 8.80 Å². The molecule has 19 heavy (non-hydrogen) atoms. The van der Waals surface area contributed by atoms with Gasteiger partial charge < -0.3 is 20.4 Å². The summed E-state index contributed by atoms with van der Waals surface area (Å²) < 4.78 is 5.69. The van der Waals surface area contributed by atoms with Gasteiger partial charge in [-0.3, -0.25) is 0 Å². The highest BCUT2D eigenvalue weighted by Gasteiger charge is 2.04. The Balaban J connectivity index is -0.000000203. The van der Waals surface area contributed by atoms with Crippen LogP contribution in [-0.2, 0) is 28.8 Å². The number of rotatable bonds is 2. The number of nitrogens with zero attached hydrogens (tertiary/aromatic N) is 2. The topological polar surface area (TPSA) is 208 Å². The fourth-order valence-corrected chi connectivity index (χ4v) is 0.161. The molecule has 13 heteroatoms. The zero-order valence-electron chi connectivity index (χ0n) is 8.54. The van der Waals surface area contributed by atoms with Crippen LogP contribution in [0.15, 0.2) is 8.80 Å². The third-order valence-corrected chi connectivity index (χ3v) is 0.834. The molecule has 0 heterocycles. The van der Waals surface area contributed by atoms with Gasteiger partial charge in [-0.05, 0) is 0 Å². The number of isocyanates is 2. The fourth-order valence-electron chi connectivity index (χ4n) is 0.0537. The monoisotopic (exact) mass is 296 g/mol. The molecule has 0 bridgehead atoms. The molecule has 0 aliphatic heterocycles. The minimum absolute atomic E-state index is 0.456. The minimum atomic E-state index is -1.82. The van der Waals surface area contributed by atoms with Gasteiger partial charge in [0, 0.05) is 0 Å². The number of carboxylic acids is 4. The van der Waals surface area contributed by atoms with Crippen molar-refractivity contribution in [2.75, 3.05) is 0 Å². The first kappa shape index (κ1) is 21.3. The van der Waals surface area contributed by atoms with Gasteiger partial charge in [0.05, 0.1) is 0 Å². The number of carbonyl (C=O) groups is 4. The molecule has 0 saturated carbocycles. The van der Waals surface area contributed by atoms with E-state index in [0.717, 1.165) is 0 Å². The quantitative estimate of drug-likeness (QED) is 0.200. The van der Waals surface area contributed by atoms with E-state index in [0.29, 0.717) is 12.1 Å². The molecule has 0 aliphatic carbocycles. The van der Waals surface area contributed by atoms with Crippen molar-refractivity contribution >= 4 is 48.2 Å². The van der Waals surface area contributed by atoms with Crippen molar-refractivity contribution < 1.29 is 49.2 Å². The van der Waals surface area contributed by atoms with Gasteiger partial charge in [-0.15, -0.1) is 8.80 Å². The maximum atomic E-state index is 9.18. The maximum Gasteiger partial charge on any atom is 0.414 e. The molecule has 104 valence electrons. The second kappa shape index (κ2) is 15.0. The van der Waals surface area contributed by atoms with E-state index in [9.17, 15) is 9.59 Å². The molecule has 0 aromatic rings. The summed E-state index contributed by atoms with van der Waals surface area (Å²) in [7, 11) is 0. The Bertz CT molecular complexity index is 369. The highest BCUT2D eigenvalue weighted by Crippen LogP contribution is 1.96. The molecule has 0 spiro atoms. The Morgan fingerprint density at radius 2 is 0.895 bits per heavy atom. The molecule has 0 aromatic heterocycles. The van der Waals surface area contributed by atoms with E-state index < -0.39 is 23.9 Å². The summed E-state index contributed by atoms with van der Waals surface area (Å²) in [4.78, 5) is 54.8. The van der Waals surface area contributed by atoms with Crippen LogP contribution in [-0.4, -0.2) is 56.5 Å². The summed E-state index contributed by atoms with van der Waals surface area (Å²) in [5, 5.41) is 29.6. The van der Waals surface area contributed by atoms with Gasteiger partial charge in [0.1, 0.15) is 12.1 Å². The SMILES string of the molecule is O=C(O)C(=O)O.O=C(O)C(=O)O.O=C=NSN=C=O. The Morgan fingerprint density at radius 1 is 0.684 bits per heavy atom. The summed E-state index contributed by atoms with van der Waals surface area (Å²) in [5.41, 5.74) is 0. The molecule has 4 N–H and O–H groups in total. The number of carboxylic acid groups (broad SMARTS) is 4. The lowest BCUT2D eigenvalue weighted by Crippen LogP contribution is -2.09. The average Bonchev–Trinajstić information content (AvgIpc) is 2.31. The number of hydrogen-bond acceptors (Lipinski definition) is 9. The number of carbonyl (C=O) groups excluding carboxylic acids is 2. The maximum absolute atomic E-state index is 9.18. The van der Waals surface area contributed by atoms with Crippen molar-refractivity contribution in [1.82, 2.24) is 0 Å². The number of aliphatic carboxylic acids is 4. The Labute approximate surface area is 107 Å². The van der Waals surface area contributed by atoms with Crippen LogP contribution in [0.25, 0.3) is 0 Å².